The first-order valence-corrected chi connectivity index (χ1v) is 9.65. The fourth-order valence-electron chi connectivity index (χ4n) is 2.53. The van der Waals surface area contributed by atoms with E-state index in [1.165, 1.54) is 4.88 Å². The van der Waals surface area contributed by atoms with Crippen LogP contribution in [-0.4, -0.2) is 45.4 Å². The molecule has 0 aliphatic heterocycles. The number of benzene rings is 1. The van der Waals surface area contributed by atoms with Crippen LogP contribution in [0, 0.1) is 6.92 Å². The van der Waals surface area contributed by atoms with Gasteiger partial charge in [0.15, 0.2) is 17.5 Å². The molecule has 0 aliphatic carbocycles. The van der Waals surface area contributed by atoms with Crippen molar-refractivity contribution < 1.29 is 14.2 Å². The molecule has 0 fully saturated rings. The van der Waals surface area contributed by atoms with Crippen molar-refractivity contribution in [3.8, 4) is 17.2 Å². The lowest BCUT2D eigenvalue weighted by atomic mass is 10.1. The van der Waals surface area contributed by atoms with Gasteiger partial charge in [0.25, 0.3) is 0 Å². The molecule has 0 amide bonds. The summed E-state index contributed by atoms with van der Waals surface area (Å²) in [5.41, 5.74) is 0.919. The van der Waals surface area contributed by atoms with Gasteiger partial charge in [0, 0.05) is 42.2 Å². The number of nitrogens with zero attached hydrogens (tertiary/aromatic N) is 2. The number of nitrogens with one attached hydrogen (secondary N) is 2. The van der Waals surface area contributed by atoms with Gasteiger partial charge in [-0.2, -0.15) is 0 Å². The topological polar surface area (TPSA) is 77.0 Å². The number of aliphatic imine (C=N–C) groups is 1. The second-order valence-corrected chi connectivity index (χ2v) is 7.07. The number of guanidine groups is 1. The number of aryl methyl sites for hydroxylation is 1. The highest BCUT2D eigenvalue weighted by Gasteiger charge is 2.12. The van der Waals surface area contributed by atoms with E-state index < -0.39 is 0 Å². The molecular formula is C19H29IN4O3S. The number of methoxy groups -OCH3 is 3. The first-order valence-electron chi connectivity index (χ1n) is 8.83. The van der Waals surface area contributed by atoms with Crippen molar-refractivity contribution >= 4 is 41.3 Å². The Labute approximate surface area is 187 Å². The molecule has 0 saturated carbocycles. The van der Waals surface area contributed by atoms with Crippen LogP contribution in [0.2, 0.25) is 0 Å². The van der Waals surface area contributed by atoms with Crippen LogP contribution < -0.4 is 24.8 Å². The van der Waals surface area contributed by atoms with Crippen LogP contribution in [0.3, 0.4) is 0 Å². The van der Waals surface area contributed by atoms with E-state index in [0.717, 1.165) is 36.0 Å². The van der Waals surface area contributed by atoms with Gasteiger partial charge in [0.05, 0.1) is 32.9 Å². The molecular weight excluding hydrogens is 491 g/mol. The first kappa shape index (κ1) is 24.3. The lowest BCUT2D eigenvalue weighted by Gasteiger charge is -2.14. The second kappa shape index (κ2) is 12.7. The Kier molecular flexibility index (Phi) is 11.0. The minimum absolute atomic E-state index is 0. The minimum Gasteiger partial charge on any atom is -0.496 e. The van der Waals surface area contributed by atoms with Crippen LogP contribution in [0.1, 0.15) is 22.4 Å². The standard InChI is InChI=1S/C19H28N4O3S.HI/c1-6-20-19(21-8-7-18-22-11-13(2)27-18)23-12-14-9-16(25-4)17(26-5)10-15(14)24-3;/h9-11H,6-8,12H2,1-5H3,(H2,20,21,23);1H. The molecule has 2 rings (SSSR count). The molecule has 0 spiro atoms. The minimum atomic E-state index is 0. The van der Waals surface area contributed by atoms with Crippen molar-refractivity contribution in [3.63, 3.8) is 0 Å². The Balaban J connectivity index is 0.00000392. The molecule has 0 atom stereocenters. The van der Waals surface area contributed by atoms with E-state index in [0.29, 0.717) is 23.8 Å². The van der Waals surface area contributed by atoms with E-state index in [2.05, 4.69) is 27.5 Å². The molecule has 1 aromatic heterocycles. The van der Waals surface area contributed by atoms with Crippen LogP contribution in [0.5, 0.6) is 17.2 Å². The van der Waals surface area contributed by atoms with Crippen molar-refractivity contribution in [2.24, 2.45) is 4.99 Å². The molecule has 1 heterocycles. The van der Waals surface area contributed by atoms with Gasteiger partial charge in [0.1, 0.15) is 5.75 Å². The molecule has 0 radical (unpaired) electrons. The molecule has 9 heteroatoms. The SMILES string of the molecule is CCNC(=NCc1cc(OC)c(OC)cc1OC)NCCc1ncc(C)s1.I. The van der Waals surface area contributed by atoms with Crippen LogP contribution in [0.4, 0.5) is 0 Å². The average Bonchev–Trinajstić information content (AvgIpc) is 3.10. The van der Waals surface area contributed by atoms with Gasteiger partial charge in [-0.3, -0.25) is 0 Å². The summed E-state index contributed by atoms with van der Waals surface area (Å²) in [6.45, 7) is 6.11. The van der Waals surface area contributed by atoms with Gasteiger partial charge >= 0.3 is 0 Å². The molecule has 28 heavy (non-hydrogen) atoms. The van der Waals surface area contributed by atoms with E-state index in [-0.39, 0.29) is 24.0 Å². The highest BCUT2D eigenvalue weighted by atomic mass is 127. The Bertz CT molecular complexity index is 768. The number of aromatic nitrogens is 1. The maximum atomic E-state index is 5.47. The van der Waals surface area contributed by atoms with E-state index in [4.69, 9.17) is 14.2 Å². The summed E-state index contributed by atoms with van der Waals surface area (Å²) < 4.78 is 16.2. The molecule has 156 valence electrons. The van der Waals surface area contributed by atoms with Gasteiger partial charge in [0.2, 0.25) is 0 Å². The number of ether oxygens (including phenoxy) is 3. The van der Waals surface area contributed by atoms with E-state index in [9.17, 15) is 0 Å². The summed E-state index contributed by atoms with van der Waals surface area (Å²) in [5.74, 6) is 2.75. The fourth-order valence-corrected chi connectivity index (χ4v) is 3.31. The summed E-state index contributed by atoms with van der Waals surface area (Å²) in [6.07, 6.45) is 2.77. The second-order valence-electron chi connectivity index (χ2n) is 5.76. The average molecular weight is 520 g/mol. The lowest BCUT2D eigenvalue weighted by molar-refractivity contribution is 0.347. The van der Waals surface area contributed by atoms with Crippen molar-refractivity contribution in [2.75, 3.05) is 34.4 Å². The van der Waals surface area contributed by atoms with Crippen molar-refractivity contribution in [1.82, 2.24) is 15.6 Å². The monoisotopic (exact) mass is 520 g/mol. The zero-order valence-corrected chi connectivity index (χ0v) is 20.1. The molecule has 2 N–H and O–H groups in total. The summed E-state index contributed by atoms with van der Waals surface area (Å²) in [4.78, 5) is 10.3. The third kappa shape index (κ3) is 7.01. The number of thiazole rings is 1. The Morgan fingerprint density at radius 3 is 2.32 bits per heavy atom. The number of rotatable bonds is 9. The molecule has 7 nitrogen and oxygen atoms in total. The maximum absolute atomic E-state index is 5.47. The number of hydrogen-bond acceptors (Lipinski definition) is 6. The van der Waals surface area contributed by atoms with Crippen LogP contribution in [0.15, 0.2) is 23.3 Å². The van der Waals surface area contributed by atoms with Gasteiger partial charge < -0.3 is 24.8 Å². The van der Waals surface area contributed by atoms with Crippen LogP contribution >= 0.6 is 35.3 Å². The maximum Gasteiger partial charge on any atom is 0.191 e. The zero-order chi connectivity index (χ0) is 19.6. The zero-order valence-electron chi connectivity index (χ0n) is 17.0. The summed E-state index contributed by atoms with van der Waals surface area (Å²) in [5, 5.41) is 7.73. The Morgan fingerprint density at radius 2 is 1.75 bits per heavy atom. The highest BCUT2D eigenvalue weighted by Crippen LogP contribution is 2.34. The largest absolute Gasteiger partial charge is 0.496 e. The number of hydrogen-bond donors (Lipinski definition) is 2. The normalized spacial score (nSPS) is 10.8. The molecule has 2 aromatic rings. The third-order valence-electron chi connectivity index (χ3n) is 3.84. The lowest BCUT2D eigenvalue weighted by Crippen LogP contribution is -2.38. The predicted octanol–water partition coefficient (Wildman–Crippen LogP) is 3.39. The van der Waals surface area contributed by atoms with Gasteiger partial charge in [-0.05, 0) is 19.9 Å². The quantitative estimate of drug-likeness (QED) is 0.300. The van der Waals surface area contributed by atoms with E-state index >= 15 is 0 Å². The van der Waals surface area contributed by atoms with Gasteiger partial charge in [-0.15, -0.1) is 35.3 Å². The molecule has 0 aliphatic rings. The van der Waals surface area contributed by atoms with Gasteiger partial charge in [-0.1, -0.05) is 0 Å². The predicted molar refractivity (Wildman–Crippen MR) is 125 cm³/mol. The van der Waals surface area contributed by atoms with Crippen molar-refractivity contribution in [3.05, 3.63) is 33.8 Å². The molecule has 0 saturated heterocycles. The fraction of sp³-hybridized carbons (Fsp3) is 0.474. The summed E-state index contributed by atoms with van der Waals surface area (Å²) >= 11 is 1.72. The summed E-state index contributed by atoms with van der Waals surface area (Å²) in [6, 6.07) is 3.71. The van der Waals surface area contributed by atoms with Crippen LogP contribution in [-0.2, 0) is 13.0 Å². The number of halogens is 1. The first-order chi connectivity index (χ1) is 13.1. The van der Waals surface area contributed by atoms with Crippen molar-refractivity contribution in [1.29, 1.82) is 0 Å². The Morgan fingerprint density at radius 1 is 1.07 bits per heavy atom. The summed E-state index contributed by atoms with van der Waals surface area (Å²) in [7, 11) is 4.85. The molecule has 1 aromatic carbocycles. The highest BCUT2D eigenvalue weighted by molar-refractivity contribution is 14.0. The third-order valence-corrected chi connectivity index (χ3v) is 4.81. The van der Waals surface area contributed by atoms with E-state index in [1.807, 2.05) is 25.3 Å². The van der Waals surface area contributed by atoms with Crippen molar-refractivity contribution in [2.45, 2.75) is 26.8 Å². The Hall–Kier alpha value is -1.75. The van der Waals surface area contributed by atoms with Gasteiger partial charge in [-0.25, -0.2) is 9.98 Å². The molecule has 0 bridgehead atoms. The van der Waals surface area contributed by atoms with Crippen LogP contribution in [0.25, 0.3) is 0 Å². The van der Waals surface area contributed by atoms with E-state index in [1.54, 1.807) is 32.7 Å². The molecule has 0 unspecified atom stereocenters. The smallest absolute Gasteiger partial charge is 0.191 e.